The van der Waals surface area contributed by atoms with Crippen LogP contribution in [0.3, 0.4) is 0 Å². The van der Waals surface area contributed by atoms with E-state index in [2.05, 4.69) is 43.4 Å². The van der Waals surface area contributed by atoms with E-state index in [4.69, 9.17) is 0 Å². The second kappa shape index (κ2) is 10.7. The molecule has 0 aliphatic heterocycles. The Labute approximate surface area is 188 Å². The maximum absolute atomic E-state index is 12.8. The number of nitrogens with zero attached hydrogens (tertiary/aromatic N) is 1. The topological polar surface area (TPSA) is 49.4 Å². The lowest BCUT2D eigenvalue weighted by Crippen LogP contribution is -2.37. The molecular formula is C24H35ClN2O2S. The van der Waals surface area contributed by atoms with Crippen molar-refractivity contribution in [1.29, 1.82) is 0 Å². The molecule has 1 aliphatic carbocycles. The van der Waals surface area contributed by atoms with Gasteiger partial charge in [0.15, 0.2) is 0 Å². The number of benzene rings is 2. The number of hydrogen-bond acceptors (Lipinski definition) is 3. The molecule has 2 aromatic rings. The second-order valence-electron chi connectivity index (χ2n) is 8.41. The van der Waals surface area contributed by atoms with Crippen LogP contribution in [0.1, 0.15) is 63.1 Å². The van der Waals surface area contributed by atoms with Crippen LogP contribution in [0.15, 0.2) is 47.4 Å². The summed E-state index contributed by atoms with van der Waals surface area (Å²) >= 11 is 0. The van der Waals surface area contributed by atoms with E-state index in [9.17, 15) is 8.42 Å². The summed E-state index contributed by atoms with van der Waals surface area (Å²) in [5, 5.41) is 0. The third-order valence-electron chi connectivity index (χ3n) is 5.76. The van der Waals surface area contributed by atoms with Gasteiger partial charge in [-0.05, 0) is 85.6 Å². The van der Waals surface area contributed by atoms with E-state index in [1.807, 2.05) is 24.3 Å². The zero-order chi connectivity index (χ0) is 21.0. The molecule has 0 saturated carbocycles. The van der Waals surface area contributed by atoms with Crippen molar-refractivity contribution in [2.75, 3.05) is 17.8 Å². The number of sulfonamides is 1. The predicted octanol–water partition coefficient (Wildman–Crippen LogP) is 5.62. The fourth-order valence-electron chi connectivity index (χ4n) is 4.21. The molecule has 1 N–H and O–H groups in total. The maximum atomic E-state index is 12.8. The van der Waals surface area contributed by atoms with Gasteiger partial charge in [0.2, 0.25) is 0 Å². The fourth-order valence-corrected chi connectivity index (χ4v) is 5.26. The molecule has 30 heavy (non-hydrogen) atoms. The van der Waals surface area contributed by atoms with Crippen LogP contribution in [-0.2, 0) is 22.9 Å². The van der Waals surface area contributed by atoms with E-state index in [-0.39, 0.29) is 12.4 Å². The van der Waals surface area contributed by atoms with Gasteiger partial charge < -0.3 is 0 Å². The van der Waals surface area contributed by atoms with Gasteiger partial charge in [-0.2, -0.15) is 0 Å². The van der Waals surface area contributed by atoms with Crippen molar-refractivity contribution in [2.24, 2.45) is 0 Å². The predicted molar refractivity (Wildman–Crippen MR) is 128 cm³/mol. The quantitative estimate of drug-likeness (QED) is 0.539. The summed E-state index contributed by atoms with van der Waals surface area (Å²) < 4.78 is 28.4. The molecule has 6 heteroatoms. The van der Waals surface area contributed by atoms with Gasteiger partial charge in [0.1, 0.15) is 0 Å². The molecule has 0 fully saturated rings. The van der Waals surface area contributed by atoms with E-state index >= 15 is 0 Å². The molecule has 1 unspecified atom stereocenters. The molecule has 0 heterocycles. The average Bonchev–Trinajstić information content (AvgIpc) is 3.11. The molecular weight excluding hydrogens is 416 g/mol. The lowest BCUT2D eigenvalue weighted by Gasteiger charge is -2.27. The summed E-state index contributed by atoms with van der Waals surface area (Å²) in [6.07, 6.45) is 4.37. The standard InChI is InChI=1S/C24H34N2O2S.ClH/c1-5-13-26(14-6-2)23-16-20-7-10-22(15-21(20)17-23)25-29(27,28)24-11-8-19(9-12-24)18(3)4;/h7-12,15,18,23,25H,5-6,13-14,16-17H2,1-4H3;1H. The number of halogens is 1. The van der Waals surface area contributed by atoms with Crippen LogP contribution in [-0.4, -0.2) is 32.4 Å². The van der Waals surface area contributed by atoms with Gasteiger partial charge in [-0.15, -0.1) is 12.4 Å². The van der Waals surface area contributed by atoms with Crippen molar-refractivity contribution in [3.8, 4) is 0 Å². The van der Waals surface area contributed by atoms with E-state index in [1.165, 1.54) is 11.1 Å². The van der Waals surface area contributed by atoms with Crippen LogP contribution in [0, 0.1) is 0 Å². The van der Waals surface area contributed by atoms with E-state index in [0.717, 1.165) is 44.3 Å². The molecule has 0 amide bonds. The first-order valence-corrected chi connectivity index (χ1v) is 12.3. The maximum Gasteiger partial charge on any atom is 0.261 e. The average molecular weight is 451 g/mol. The molecule has 1 atom stereocenters. The first-order chi connectivity index (χ1) is 13.8. The highest BCUT2D eigenvalue weighted by Gasteiger charge is 2.26. The highest BCUT2D eigenvalue weighted by Crippen LogP contribution is 2.29. The highest BCUT2D eigenvalue weighted by atomic mass is 35.5. The largest absolute Gasteiger partial charge is 0.300 e. The minimum Gasteiger partial charge on any atom is -0.300 e. The molecule has 1 aliphatic rings. The van der Waals surface area contributed by atoms with Crippen molar-refractivity contribution < 1.29 is 8.42 Å². The van der Waals surface area contributed by atoms with Crippen LogP contribution in [0.25, 0.3) is 0 Å². The summed E-state index contributed by atoms with van der Waals surface area (Å²) in [5.74, 6) is 0.379. The summed E-state index contributed by atoms with van der Waals surface area (Å²) in [5.41, 5.74) is 4.39. The Morgan fingerprint density at radius 3 is 2.13 bits per heavy atom. The number of nitrogens with one attached hydrogen (secondary N) is 1. The zero-order valence-corrected chi connectivity index (χ0v) is 20.2. The Hall–Kier alpha value is -1.56. The van der Waals surface area contributed by atoms with Crippen molar-refractivity contribution in [1.82, 2.24) is 4.90 Å². The lowest BCUT2D eigenvalue weighted by molar-refractivity contribution is 0.202. The van der Waals surface area contributed by atoms with Crippen molar-refractivity contribution >= 4 is 28.1 Å². The number of fused-ring (bicyclic) bond motifs is 1. The van der Waals surface area contributed by atoms with E-state index in [1.54, 1.807) is 12.1 Å². The van der Waals surface area contributed by atoms with Crippen LogP contribution < -0.4 is 4.72 Å². The van der Waals surface area contributed by atoms with E-state index < -0.39 is 10.0 Å². The number of hydrogen-bond donors (Lipinski definition) is 1. The molecule has 166 valence electrons. The summed E-state index contributed by atoms with van der Waals surface area (Å²) in [6, 6.07) is 13.7. The smallest absolute Gasteiger partial charge is 0.261 e. The second-order valence-corrected chi connectivity index (χ2v) is 10.1. The van der Waals surface area contributed by atoms with Gasteiger partial charge >= 0.3 is 0 Å². The molecule has 4 nitrogen and oxygen atoms in total. The number of anilines is 1. The Morgan fingerprint density at radius 2 is 1.57 bits per heavy atom. The van der Waals surface area contributed by atoms with Gasteiger partial charge in [-0.25, -0.2) is 8.42 Å². The van der Waals surface area contributed by atoms with Crippen molar-refractivity contribution in [3.05, 3.63) is 59.2 Å². The fraction of sp³-hybridized carbons (Fsp3) is 0.500. The molecule has 3 rings (SSSR count). The Balaban J connectivity index is 0.00000320. The molecule has 0 radical (unpaired) electrons. The summed E-state index contributed by atoms with van der Waals surface area (Å²) in [7, 11) is -3.58. The van der Waals surface area contributed by atoms with Gasteiger partial charge in [0, 0.05) is 11.7 Å². The first kappa shape index (κ1) is 24.7. The minimum atomic E-state index is -3.58. The summed E-state index contributed by atoms with van der Waals surface area (Å²) in [6.45, 7) is 10.9. The van der Waals surface area contributed by atoms with Crippen LogP contribution in [0.5, 0.6) is 0 Å². The Kier molecular flexibility index (Phi) is 8.77. The van der Waals surface area contributed by atoms with Crippen molar-refractivity contribution in [3.63, 3.8) is 0 Å². The van der Waals surface area contributed by atoms with E-state index in [0.29, 0.717) is 22.5 Å². The van der Waals surface area contributed by atoms with Crippen molar-refractivity contribution in [2.45, 2.75) is 70.2 Å². The Morgan fingerprint density at radius 1 is 0.967 bits per heavy atom. The monoisotopic (exact) mass is 450 g/mol. The highest BCUT2D eigenvalue weighted by molar-refractivity contribution is 7.92. The van der Waals surface area contributed by atoms with Gasteiger partial charge in [0.25, 0.3) is 10.0 Å². The molecule has 2 aromatic carbocycles. The molecule has 0 spiro atoms. The molecule has 0 aromatic heterocycles. The number of rotatable bonds is 9. The van der Waals surface area contributed by atoms with Crippen LogP contribution in [0.2, 0.25) is 0 Å². The summed E-state index contributed by atoms with van der Waals surface area (Å²) in [4.78, 5) is 2.89. The normalized spacial score (nSPS) is 15.9. The first-order valence-electron chi connectivity index (χ1n) is 10.8. The van der Waals surface area contributed by atoms with Crippen LogP contribution in [0.4, 0.5) is 5.69 Å². The molecule has 0 bridgehead atoms. The minimum absolute atomic E-state index is 0. The van der Waals surface area contributed by atoms with Gasteiger partial charge in [-0.1, -0.05) is 45.9 Å². The molecule has 0 saturated heterocycles. The van der Waals surface area contributed by atoms with Crippen LogP contribution >= 0.6 is 12.4 Å². The Bertz CT molecular complexity index is 921. The van der Waals surface area contributed by atoms with Gasteiger partial charge in [0.05, 0.1) is 4.90 Å². The SMILES string of the molecule is CCCN(CCC)C1Cc2ccc(NS(=O)(=O)c3ccc(C(C)C)cc3)cc2C1.Cl. The lowest BCUT2D eigenvalue weighted by atomic mass is 10.0. The third kappa shape index (κ3) is 5.77. The van der Waals surface area contributed by atoms with Gasteiger partial charge in [-0.3, -0.25) is 9.62 Å². The third-order valence-corrected chi connectivity index (χ3v) is 7.16. The zero-order valence-electron chi connectivity index (χ0n) is 18.5.